The van der Waals surface area contributed by atoms with Gasteiger partial charge in [-0.3, -0.25) is 14.7 Å². The zero-order valence-corrected chi connectivity index (χ0v) is 14.6. The third kappa shape index (κ3) is 3.32. The molecule has 0 aromatic carbocycles. The van der Waals surface area contributed by atoms with Crippen molar-refractivity contribution in [1.82, 2.24) is 24.7 Å². The largest absolute Gasteiger partial charge is 0.461 e. The Hall–Kier alpha value is -2.75. The van der Waals surface area contributed by atoms with Crippen LogP contribution in [0.5, 0.6) is 0 Å². The van der Waals surface area contributed by atoms with Crippen molar-refractivity contribution in [3.8, 4) is 11.6 Å². The van der Waals surface area contributed by atoms with E-state index in [0.717, 1.165) is 12.8 Å². The number of aromatic nitrogens is 5. The van der Waals surface area contributed by atoms with E-state index < -0.39 is 4.92 Å². The molecule has 1 fully saturated rings. The van der Waals surface area contributed by atoms with E-state index in [1.54, 1.807) is 6.26 Å². The van der Waals surface area contributed by atoms with Crippen LogP contribution in [0.2, 0.25) is 0 Å². The minimum atomic E-state index is -0.520. The van der Waals surface area contributed by atoms with Crippen LogP contribution >= 0.6 is 11.8 Å². The molecule has 3 aromatic heterocycles. The molecule has 9 nitrogen and oxygen atoms in total. The highest BCUT2D eigenvalue weighted by atomic mass is 32.2. The predicted molar refractivity (Wildman–Crippen MR) is 92.7 cm³/mol. The number of rotatable bonds is 5. The molecule has 1 aliphatic carbocycles. The molecule has 0 bridgehead atoms. The van der Waals surface area contributed by atoms with Crippen molar-refractivity contribution in [1.29, 1.82) is 0 Å². The highest BCUT2D eigenvalue weighted by Crippen LogP contribution is 2.37. The molecule has 0 aliphatic heterocycles. The summed E-state index contributed by atoms with van der Waals surface area (Å²) in [6, 6.07) is 3.97. The minimum Gasteiger partial charge on any atom is -0.461 e. The van der Waals surface area contributed by atoms with Crippen molar-refractivity contribution in [2.75, 3.05) is 0 Å². The van der Waals surface area contributed by atoms with Crippen LogP contribution in [-0.2, 0) is 0 Å². The van der Waals surface area contributed by atoms with Crippen LogP contribution in [0.15, 0.2) is 45.5 Å². The Morgan fingerprint density at radius 3 is 2.62 bits per heavy atom. The average Bonchev–Trinajstić information content (AvgIpc) is 3.32. The lowest BCUT2D eigenvalue weighted by Gasteiger charge is -2.25. The van der Waals surface area contributed by atoms with Crippen LogP contribution in [0.25, 0.3) is 11.6 Å². The van der Waals surface area contributed by atoms with Gasteiger partial charge in [0, 0.05) is 6.04 Å². The summed E-state index contributed by atoms with van der Waals surface area (Å²) in [6.45, 7) is 0. The first-order valence-corrected chi connectivity index (χ1v) is 9.17. The molecular formula is C16H16N6O3S. The van der Waals surface area contributed by atoms with Crippen molar-refractivity contribution < 1.29 is 9.34 Å². The van der Waals surface area contributed by atoms with Crippen LogP contribution in [0, 0.1) is 10.1 Å². The number of hydrogen-bond acceptors (Lipinski definition) is 8. The first kappa shape index (κ1) is 16.7. The fraction of sp³-hybridized carbons (Fsp3) is 0.375. The number of furan rings is 1. The summed E-state index contributed by atoms with van der Waals surface area (Å²) in [7, 11) is 0. The zero-order chi connectivity index (χ0) is 17.9. The Labute approximate surface area is 153 Å². The standard InChI is InChI=1S/C16H16N6O3S/c23-22(24)12-9-17-15(18-10-12)26-16-20-19-14(13-7-4-8-25-13)21(16)11-5-2-1-3-6-11/h4,7-11H,1-3,5-6H2. The van der Waals surface area contributed by atoms with E-state index >= 15 is 0 Å². The van der Waals surface area contributed by atoms with Gasteiger partial charge in [0.15, 0.2) is 16.1 Å². The molecule has 4 rings (SSSR count). The van der Waals surface area contributed by atoms with Gasteiger partial charge in [-0.2, -0.15) is 0 Å². The molecule has 0 N–H and O–H groups in total. The monoisotopic (exact) mass is 372 g/mol. The van der Waals surface area contributed by atoms with Gasteiger partial charge in [-0.05, 0) is 36.7 Å². The van der Waals surface area contributed by atoms with Gasteiger partial charge in [-0.25, -0.2) is 9.97 Å². The summed E-state index contributed by atoms with van der Waals surface area (Å²) in [5.74, 6) is 1.35. The molecule has 0 atom stereocenters. The first-order valence-electron chi connectivity index (χ1n) is 8.35. The molecule has 0 amide bonds. The van der Waals surface area contributed by atoms with E-state index in [1.807, 2.05) is 12.1 Å². The quantitative estimate of drug-likeness (QED) is 0.376. The topological polar surface area (TPSA) is 113 Å². The summed E-state index contributed by atoms with van der Waals surface area (Å²) in [5, 5.41) is 20.4. The number of hydrogen-bond donors (Lipinski definition) is 0. The zero-order valence-electron chi connectivity index (χ0n) is 13.8. The molecule has 0 saturated heterocycles. The first-order chi connectivity index (χ1) is 12.7. The van der Waals surface area contributed by atoms with Gasteiger partial charge < -0.3 is 4.42 Å². The Morgan fingerprint density at radius 1 is 1.19 bits per heavy atom. The Morgan fingerprint density at radius 2 is 1.96 bits per heavy atom. The van der Waals surface area contributed by atoms with Crippen LogP contribution in [0.3, 0.4) is 0 Å². The molecule has 1 aliphatic rings. The fourth-order valence-electron chi connectivity index (χ4n) is 3.13. The molecule has 26 heavy (non-hydrogen) atoms. The molecule has 0 spiro atoms. The Bertz CT molecular complexity index is 887. The molecule has 134 valence electrons. The van der Waals surface area contributed by atoms with Crippen LogP contribution in [0.4, 0.5) is 5.69 Å². The van der Waals surface area contributed by atoms with Gasteiger partial charge in [0.05, 0.1) is 11.2 Å². The van der Waals surface area contributed by atoms with Crippen molar-refractivity contribution in [3.63, 3.8) is 0 Å². The van der Waals surface area contributed by atoms with Crippen LogP contribution in [0.1, 0.15) is 38.1 Å². The second-order valence-electron chi connectivity index (χ2n) is 6.03. The molecule has 3 heterocycles. The minimum absolute atomic E-state index is 0.139. The SMILES string of the molecule is O=[N+]([O-])c1cnc(Sc2nnc(-c3ccco3)n2C2CCCCC2)nc1. The highest BCUT2D eigenvalue weighted by molar-refractivity contribution is 7.99. The number of nitro groups is 1. The maximum Gasteiger partial charge on any atom is 0.305 e. The molecule has 1 saturated carbocycles. The van der Waals surface area contributed by atoms with Crippen molar-refractivity contribution >= 4 is 17.4 Å². The molecule has 0 unspecified atom stereocenters. The summed E-state index contributed by atoms with van der Waals surface area (Å²) < 4.78 is 7.61. The summed E-state index contributed by atoms with van der Waals surface area (Å²) in [4.78, 5) is 18.3. The van der Waals surface area contributed by atoms with Crippen LogP contribution in [-0.4, -0.2) is 29.7 Å². The van der Waals surface area contributed by atoms with Gasteiger partial charge in [-0.15, -0.1) is 10.2 Å². The second kappa shape index (κ2) is 7.24. The van der Waals surface area contributed by atoms with E-state index in [-0.39, 0.29) is 5.69 Å². The summed E-state index contributed by atoms with van der Waals surface area (Å²) in [6.07, 6.45) is 9.69. The molecule has 10 heteroatoms. The van der Waals surface area contributed by atoms with Gasteiger partial charge in [0.1, 0.15) is 12.4 Å². The van der Waals surface area contributed by atoms with Crippen molar-refractivity contribution in [3.05, 3.63) is 40.9 Å². The van der Waals surface area contributed by atoms with E-state index in [2.05, 4.69) is 24.7 Å². The smallest absolute Gasteiger partial charge is 0.305 e. The summed E-state index contributed by atoms with van der Waals surface area (Å²) >= 11 is 1.25. The van der Waals surface area contributed by atoms with Crippen molar-refractivity contribution in [2.45, 2.75) is 48.5 Å². The van der Waals surface area contributed by atoms with Gasteiger partial charge >= 0.3 is 5.69 Å². The highest BCUT2D eigenvalue weighted by Gasteiger charge is 2.25. The third-order valence-corrected chi connectivity index (χ3v) is 5.21. The van der Waals surface area contributed by atoms with Gasteiger partial charge in [0.25, 0.3) is 0 Å². The van der Waals surface area contributed by atoms with Gasteiger partial charge in [-0.1, -0.05) is 19.3 Å². The predicted octanol–water partition coefficient (Wildman–Crippen LogP) is 3.89. The second-order valence-corrected chi connectivity index (χ2v) is 6.96. The molecule has 0 radical (unpaired) electrons. The van der Waals surface area contributed by atoms with Crippen molar-refractivity contribution in [2.24, 2.45) is 0 Å². The van der Waals surface area contributed by atoms with E-state index in [9.17, 15) is 10.1 Å². The molecular weight excluding hydrogens is 356 g/mol. The maximum absolute atomic E-state index is 10.7. The normalized spacial score (nSPS) is 15.2. The van der Waals surface area contributed by atoms with E-state index in [0.29, 0.717) is 27.9 Å². The third-order valence-electron chi connectivity index (χ3n) is 4.35. The van der Waals surface area contributed by atoms with Gasteiger partial charge in [0.2, 0.25) is 5.82 Å². The maximum atomic E-state index is 10.7. The lowest BCUT2D eigenvalue weighted by atomic mass is 9.95. The van der Waals surface area contributed by atoms with E-state index in [1.165, 1.54) is 43.4 Å². The van der Waals surface area contributed by atoms with E-state index in [4.69, 9.17) is 4.42 Å². The van der Waals surface area contributed by atoms with Crippen LogP contribution < -0.4 is 0 Å². The summed E-state index contributed by atoms with van der Waals surface area (Å²) in [5.41, 5.74) is -0.139. The Kier molecular flexibility index (Phi) is 4.65. The lowest BCUT2D eigenvalue weighted by Crippen LogP contribution is -2.15. The molecule has 3 aromatic rings. The average molecular weight is 372 g/mol. The fourth-order valence-corrected chi connectivity index (χ4v) is 3.92. The number of nitrogens with zero attached hydrogens (tertiary/aromatic N) is 6. The lowest BCUT2D eigenvalue weighted by molar-refractivity contribution is -0.385. The Balaban J connectivity index is 1.67.